The molecule has 3 heteroatoms. The molecule has 0 aliphatic carbocycles. The number of carbonyl (C=O) groups is 1. The van der Waals surface area contributed by atoms with E-state index in [1.165, 1.54) is 12.0 Å². The predicted octanol–water partition coefficient (Wildman–Crippen LogP) is 3.03. The summed E-state index contributed by atoms with van der Waals surface area (Å²) in [6.07, 6.45) is 5.63. The fraction of sp³-hybridized carbons (Fsp3) is 0.562. The molecule has 1 saturated heterocycles. The zero-order chi connectivity index (χ0) is 13.7. The Hall–Kier alpha value is -1.51. The van der Waals surface area contributed by atoms with E-state index in [-0.39, 0.29) is 5.91 Å². The molecule has 0 bridgehead atoms. The van der Waals surface area contributed by atoms with Crippen molar-refractivity contribution < 1.29 is 9.53 Å². The summed E-state index contributed by atoms with van der Waals surface area (Å²) in [6, 6.07) is 8.64. The van der Waals surface area contributed by atoms with Crippen LogP contribution in [0.25, 0.3) is 0 Å². The first-order chi connectivity index (χ1) is 9.20. The highest BCUT2D eigenvalue weighted by molar-refractivity contribution is 5.73. The number of hydrogen-bond donors (Lipinski definition) is 0. The van der Waals surface area contributed by atoms with Crippen LogP contribution in [0.2, 0.25) is 0 Å². The van der Waals surface area contributed by atoms with Crippen molar-refractivity contribution in [2.45, 2.75) is 45.1 Å². The van der Waals surface area contributed by atoms with Crippen molar-refractivity contribution in [3.8, 4) is 5.75 Å². The molecule has 0 aromatic heterocycles. The van der Waals surface area contributed by atoms with Gasteiger partial charge in [-0.1, -0.05) is 12.1 Å². The van der Waals surface area contributed by atoms with Crippen molar-refractivity contribution >= 4 is 5.91 Å². The van der Waals surface area contributed by atoms with Crippen LogP contribution >= 0.6 is 0 Å². The Kier molecular flexibility index (Phi) is 4.83. The summed E-state index contributed by atoms with van der Waals surface area (Å²) >= 11 is 0. The Morgan fingerprint density at radius 2 is 2.05 bits per heavy atom. The van der Waals surface area contributed by atoms with Crippen molar-refractivity contribution in [3.63, 3.8) is 0 Å². The van der Waals surface area contributed by atoms with Crippen molar-refractivity contribution in [1.82, 2.24) is 4.90 Å². The fourth-order valence-electron chi connectivity index (χ4n) is 2.84. The first-order valence-corrected chi connectivity index (χ1v) is 7.11. The molecule has 0 saturated carbocycles. The number of nitrogens with zero attached hydrogens (tertiary/aromatic N) is 1. The monoisotopic (exact) mass is 261 g/mol. The number of piperidine rings is 1. The van der Waals surface area contributed by atoms with Gasteiger partial charge < -0.3 is 9.64 Å². The highest BCUT2D eigenvalue weighted by Gasteiger charge is 2.23. The van der Waals surface area contributed by atoms with Crippen LogP contribution < -0.4 is 4.74 Å². The second-order valence-electron chi connectivity index (χ2n) is 5.25. The zero-order valence-corrected chi connectivity index (χ0v) is 11.9. The van der Waals surface area contributed by atoms with Crippen LogP contribution in [0.1, 0.15) is 38.2 Å². The molecular weight excluding hydrogens is 238 g/mol. The average molecular weight is 261 g/mol. The highest BCUT2D eigenvalue weighted by Crippen LogP contribution is 2.22. The largest absolute Gasteiger partial charge is 0.497 e. The quantitative estimate of drug-likeness (QED) is 0.833. The van der Waals surface area contributed by atoms with Gasteiger partial charge >= 0.3 is 0 Å². The van der Waals surface area contributed by atoms with Crippen molar-refractivity contribution in [2.75, 3.05) is 13.7 Å². The first kappa shape index (κ1) is 13.9. The molecule has 3 nitrogen and oxygen atoms in total. The maximum absolute atomic E-state index is 11.6. The molecule has 1 fully saturated rings. The van der Waals surface area contributed by atoms with Crippen molar-refractivity contribution in [2.24, 2.45) is 0 Å². The third-order valence-electron chi connectivity index (χ3n) is 3.96. The lowest BCUT2D eigenvalue weighted by atomic mass is 9.96. The molecule has 1 heterocycles. The molecule has 0 radical (unpaired) electrons. The lowest BCUT2D eigenvalue weighted by Crippen LogP contribution is -2.42. The van der Waals surface area contributed by atoms with Crippen LogP contribution in [0.5, 0.6) is 5.75 Å². The molecule has 1 atom stereocenters. The van der Waals surface area contributed by atoms with Crippen LogP contribution in [0.3, 0.4) is 0 Å². The summed E-state index contributed by atoms with van der Waals surface area (Å²) in [7, 11) is 1.68. The van der Waals surface area contributed by atoms with Gasteiger partial charge in [0.05, 0.1) is 7.11 Å². The molecule has 19 heavy (non-hydrogen) atoms. The maximum Gasteiger partial charge on any atom is 0.219 e. The first-order valence-electron chi connectivity index (χ1n) is 7.11. The topological polar surface area (TPSA) is 29.5 Å². The Labute approximate surface area is 115 Å². The molecule has 2 rings (SSSR count). The van der Waals surface area contributed by atoms with Crippen LogP contribution in [0.15, 0.2) is 24.3 Å². The van der Waals surface area contributed by atoms with Gasteiger partial charge in [-0.05, 0) is 49.8 Å². The summed E-state index contributed by atoms with van der Waals surface area (Å²) in [5.41, 5.74) is 1.31. The average Bonchev–Trinajstić information content (AvgIpc) is 2.46. The van der Waals surface area contributed by atoms with Gasteiger partial charge in [0.2, 0.25) is 5.91 Å². The Morgan fingerprint density at radius 3 is 2.68 bits per heavy atom. The maximum atomic E-state index is 11.6. The molecule has 104 valence electrons. The smallest absolute Gasteiger partial charge is 0.219 e. The second-order valence-corrected chi connectivity index (χ2v) is 5.25. The van der Waals surface area contributed by atoms with Gasteiger partial charge in [-0.2, -0.15) is 0 Å². The molecule has 1 aromatic carbocycles. The van der Waals surface area contributed by atoms with Crippen molar-refractivity contribution in [1.29, 1.82) is 0 Å². The summed E-state index contributed by atoms with van der Waals surface area (Å²) in [5.74, 6) is 1.12. The van der Waals surface area contributed by atoms with E-state index in [4.69, 9.17) is 4.74 Å². The minimum absolute atomic E-state index is 0.222. The lowest BCUT2D eigenvalue weighted by molar-refractivity contribution is -0.132. The number of benzene rings is 1. The van der Waals surface area contributed by atoms with E-state index >= 15 is 0 Å². The number of carbonyl (C=O) groups excluding carboxylic acids is 1. The van der Waals surface area contributed by atoms with Crippen LogP contribution in [0, 0.1) is 0 Å². The standard InChI is InChI=1S/C16H23NO2/c1-13(18)17-12-4-3-5-15(17)9-6-14-7-10-16(19-2)11-8-14/h7-8,10-11,15H,3-6,9,12H2,1-2H3. The molecule has 0 N–H and O–H groups in total. The van der Waals surface area contributed by atoms with Gasteiger partial charge in [0.1, 0.15) is 5.75 Å². The molecule has 1 amide bonds. The zero-order valence-electron chi connectivity index (χ0n) is 11.9. The lowest BCUT2D eigenvalue weighted by Gasteiger charge is -2.35. The number of amides is 1. The van der Waals surface area contributed by atoms with E-state index in [2.05, 4.69) is 12.1 Å². The summed E-state index contributed by atoms with van der Waals surface area (Å²) in [5, 5.41) is 0. The Bertz CT molecular complexity index is 413. The van der Waals surface area contributed by atoms with Gasteiger partial charge in [0, 0.05) is 19.5 Å². The molecule has 1 aliphatic rings. The predicted molar refractivity (Wildman–Crippen MR) is 76.3 cm³/mol. The van der Waals surface area contributed by atoms with Crippen LogP contribution in [0.4, 0.5) is 0 Å². The minimum Gasteiger partial charge on any atom is -0.497 e. The minimum atomic E-state index is 0.222. The number of likely N-dealkylation sites (tertiary alicyclic amines) is 1. The number of ether oxygens (including phenoxy) is 1. The van der Waals surface area contributed by atoms with Crippen molar-refractivity contribution in [3.05, 3.63) is 29.8 Å². The normalized spacial score (nSPS) is 19.3. The summed E-state index contributed by atoms with van der Waals surface area (Å²) in [4.78, 5) is 13.7. The number of aryl methyl sites for hydroxylation is 1. The van der Waals surface area contributed by atoms with E-state index in [1.54, 1.807) is 14.0 Å². The van der Waals surface area contributed by atoms with E-state index in [0.29, 0.717) is 6.04 Å². The number of hydrogen-bond acceptors (Lipinski definition) is 2. The van der Waals surface area contributed by atoms with Gasteiger partial charge in [-0.3, -0.25) is 4.79 Å². The van der Waals surface area contributed by atoms with Crippen LogP contribution in [-0.2, 0) is 11.2 Å². The van der Waals surface area contributed by atoms with E-state index in [1.807, 2.05) is 17.0 Å². The van der Waals surface area contributed by atoms with Gasteiger partial charge in [0.15, 0.2) is 0 Å². The SMILES string of the molecule is COc1ccc(CCC2CCCCN2C(C)=O)cc1. The third kappa shape index (κ3) is 3.72. The Morgan fingerprint density at radius 1 is 1.32 bits per heavy atom. The van der Waals surface area contributed by atoms with Gasteiger partial charge in [0.25, 0.3) is 0 Å². The molecule has 1 aromatic rings. The van der Waals surface area contributed by atoms with Gasteiger partial charge in [-0.15, -0.1) is 0 Å². The summed E-state index contributed by atoms with van der Waals surface area (Å²) in [6.45, 7) is 2.62. The highest BCUT2D eigenvalue weighted by atomic mass is 16.5. The van der Waals surface area contributed by atoms with E-state index < -0.39 is 0 Å². The van der Waals surface area contributed by atoms with E-state index in [0.717, 1.165) is 38.0 Å². The molecule has 1 unspecified atom stereocenters. The van der Waals surface area contributed by atoms with Crippen LogP contribution in [-0.4, -0.2) is 30.5 Å². The molecule has 0 spiro atoms. The fourth-order valence-corrected chi connectivity index (χ4v) is 2.84. The molecular formula is C16H23NO2. The Balaban J connectivity index is 1.90. The van der Waals surface area contributed by atoms with E-state index in [9.17, 15) is 4.79 Å². The molecule has 1 aliphatic heterocycles. The second kappa shape index (κ2) is 6.60. The number of methoxy groups -OCH3 is 1. The summed E-state index contributed by atoms with van der Waals surface area (Å²) < 4.78 is 5.16. The third-order valence-corrected chi connectivity index (χ3v) is 3.96. The van der Waals surface area contributed by atoms with Gasteiger partial charge in [-0.25, -0.2) is 0 Å². The number of rotatable bonds is 4.